The van der Waals surface area contributed by atoms with E-state index in [2.05, 4.69) is 10.3 Å². The molecule has 0 aliphatic carbocycles. The van der Waals surface area contributed by atoms with Gasteiger partial charge in [0.2, 0.25) is 0 Å². The molecule has 2 heterocycles. The largest absolute Gasteiger partial charge is 0.416 e. The highest BCUT2D eigenvalue weighted by atomic mass is 32.2. The Hall–Kier alpha value is -3.48. The number of hydrogen-bond acceptors (Lipinski definition) is 7. The van der Waals surface area contributed by atoms with Crippen LogP contribution >= 0.6 is 0 Å². The zero-order chi connectivity index (χ0) is 29.1. The van der Waals surface area contributed by atoms with E-state index in [0.29, 0.717) is 24.3 Å². The highest BCUT2D eigenvalue weighted by Crippen LogP contribution is 2.36. The van der Waals surface area contributed by atoms with Gasteiger partial charge in [-0.1, -0.05) is 31.2 Å². The number of rotatable bonds is 9. The monoisotopic (exact) mass is 577 g/mol. The van der Waals surface area contributed by atoms with E-state index in [0.717, 1.165) is 17.7 Å². The number of halogens is 3. The van der Waals surface area contributed by atoms with Gasteiger partial charge < -0.3 is 20.4 Å². The molecule has 0 bridgehead atoms. The lowest BCUT2D eigenvalue weighted by atomic mass is 9.95. The van der Waals surface area contributed by atoms with Gasteiger partial charge in [-0.2, -0.15) is 13.2 Å². The van der Waals surface area contributed by atoms with Crippen LogP contribution in [0.25, 0.3) is 0 Å². The first kappa shape index (κ1) is 29.5. The summed E-state index contributed by atoms with van der Waals surface area (Å²) in [6, 6.07) is 13.1. The molecule has 8 nitrogen and oxygen atoms in total. The van der Waals surface area contributed by atoms with E-state index >= 15 is 0 Å². The van der Waals surface area contributed by atoms with Crippen molar-refractivity contribution in [2.24, 2.45) is 0 Å². The van der Waals surface area contributed by atoms with Crippen LogP contribution in [0.4, 0.5) is 19.0 Å². The number of amides is 1. The SMILES string of the molecule is CCS(=O)(=O)c1ccc([C@H](CO)NC(=O)c2ccc(N3CC(c4ccc(C(F)(F)F)cc4)C[C@H]3CO)nc2)cc1. The van der Waals surface area contributed by atoms with Crippen LogP contribution in [0.15, 0.2) is 71.8 Å². The molecule has 0 spiro atoms. The number of aliphatic hydroxyl groups is 2. The number of nitrogens with one attached hydrogen (secondary N) is 1. The average molecular weight is 578 g/mol. The second-order valence-corrected chi connectivity index (χ2v) is 11.9. The van der Waals surface area contributed by atoms with Gasteiger partial charge in [-0.25, -0.2) is 13.4 Å². The smallest absolute Gasteiger partial charge is 0.394 e. The fourth-order valence-electron chi connectivity index (χ4n) is 4.80. The lowest BCUT2D eigenvalue weighted by Crippen LogP contribution is -2.33. The second kappa shape index (κ2) is 11.9. The molecule has 4 rings (SSSR count). The summed E-state index contributed by atoms with van der Waals surface area (Å²) in [5.41, 5.74) is 0.782. The Balaban J connectivity index is 1.43. The van der Waals surface area contributed by atoms with E-state index in [1.807, 2.05) is 4.90 Å². The first-order valence-electron chi connectivity index (χ1n) is 12.7. The van der Waals surface area contributed by atoms with Crippen LogP contribution in [0, 0.1) is 0 Å². The third kappa shape index (κ3) is 6.45. The molecule has 214 valence electrons. The van der Waals surface area contributed by atoms with Gasteiger partial charge in [-0.05, 0) is 53.9 Å². The minimum Gasteiger partial charge on any atom is -0.394 e. The molecule has 3 aromatic rings. The zero-order valence-electron chi connectivity index (χ0n) is 21.7. The normalized spacial score (nSPS) is 18.5. The highest BCUT2D eigenvalue weighted by Gasteiger charge is 2.35. The lowest BCUT2D eigenvalue weighted by molar-refractivity contribution is -0.137. The molecular formula is C28H30F3N3O5S. The highest BCUT2D eigenvalue weighted by molar-refractivity contribution is 7.91. The van der Waals surface area contributed by atoms with Crippen LogP contribution in [0.1, 0.15) is 52.4 Å². The van der Waals surface area contributed by atoms with Crippen LogP contribution < -0.4 is 10.2 Å². The quantitative estimate of drug-likeness (QED) is 0.355. The Bertz CT molecular complexity index is 1410. The number of anilines is 1. The van der Waals surface area contributed by atoms with E-state index < -0.39 is 40.1 Å². The van der Waals surface area contributed by atoms with Gasteiger partial charge in [0.05, 0.1) is 47.1 Å². The average Bonchev–Trinajstić information content (AvgIpc) is 3.40. The molecule has 0 radical (unpaired) electrons. The number of alkyl halides is 3. The van der Waals surface area contributed by atoms with Crippen LogP contribution in [0.5, 0.6) is 0 Å². The van der Waals surface area contributed by atoms with Gasteiger partial charge in [0.15, 0.2) is 9.84 Å². The van der Waals surface area contributed by atoms with Crippen molar-refractivity contribution in [2.75, 3.05) is 30.4 Å². The predicted octanol–water partition coefficient (Wildman–Crippen LogP) is 3.71. The van der Waals surface area contributed by atoms with E-state index in [-0.39, 0.29) is 34.8 Å². The van der Waals surface area contributed by atoms with Gasteiger partial charge in [0.25, 0.3) is 5.91 Å². The van der Waals surface area contributed by atoms with Gasteiger partial charge in [0.1, 0.15) is 5.82 Å². The summed E-state index contributed by atoms with van der Waals surface area (Å²) in [7, 11) is -3.38. The van der Waals surface area contributed by atoms with Gasteiger partial charge in [0, 0.05) is 18.7 Å². The molecular weight excluding hydrogens is 547 g/mol. The number of benzene rings is 2. The molecule has 2 aromatic carbocycles. The van der Waals surface area contributed by atoms with Crippen molar-refractivity contribution in [1.82, 2.24) is 10.3 Å². The number of aliphatic hydroxyl groups excluding tert-OH is 2. The summed E-state index contributed by atoms with van der Waals surface area (Å²) in [6.45, 7) is 1.40. The molecule has 1 aromatic heterocycles. The fraction of sp³-hybridized carbons (Fsp3) is 0.357. The van der Waals surface area contributed by atoms with Crippen LogP contribution in [-0.2, 0) is 16.0 Å². The maximum atomic E-state index is 12.9. The Kier molecular flexibility index (Phi) is 8.81. The van der Waals surface area contributed by atoms with Crippen molar-refractivity contribution in [3.63, 3.8) is 0 Å². The van der Waals surface area contributed by atoms with Crippen molar-refractivity contribution in [1.29, 1.82) is 0 Å². The Labute approximate surface area is 230 Å². The summed E-state index contributed by atoms with van der Waals surface area (Å²) in [5.74, 6) is -0.127. The summed E-state index contributed by atoms with van der Waals surface area (Å²) in [6.07, 6.45) is -2.51. The molecule has 1 aliphatic rings. The van der Waals surface area contributed by atoms with Gasteiger partial charge >= 0.3 is 6.18 Å². The molecule has 0 saturated carbocycles. The fourth-order valence-corrected chi connectivity index (χ4v) is 5.68. The number of sulfone groups is 1. The third-order valence-corrected chi connectivity index (χ3v) is 8.90. The molecule has 40 heavy (non-hydrogen) atoms. The molecule has 1 fully saturated rings. The van der Waals surface area contributed by atoms with Crippen molar-refractivity contribution in [3.05, 3.63) is 89.1 Å². The van der Waals surface area contributed by atoms with E-state index in [1.54, 1.807) is 31.2 Å². The summed E-state index contributed by atoms with van der Waals surface area (Å²) >= 11 is 0. The predicted molar refractivity (Wildman–Crippen MR) is 143 cm³/mol. The maximum absolute atomic E-state index is 12.9. The van der Waals surface area contributed by atoms with Crippen LogP contribution in [0.3, 0.4) is 0 Å². The molecule has 3 atom stereocenters. The van der Waals surface area contributed by atoms with E-state index in [1.165, 1.54) is 30.5 Å². The van der Waals surface area contributed by atoms with Crippen molar-refractivity contribution in [2.45, 2.75) is 42.4 Å². The third-order valence-electron chi connectivity index (χ3n) is 7.15. The number of carbonyl (C=O) groups excluding carboxylic acids is 1. The zero-order valence-corrected chi connectivity index (χ0v) is 22.5. The first-order chi connectivity index (χ1) is 19.0. The van der Waals surface area contributed by atoms with E-state index in [9.17, 15) is 36.6 Å². The second-order valence-electron chi connectivity index (χ2n) is 9.63. The maximum Gasteiger partial charge on any atom is 0.416 e. The molecule has 3 N–H and O–H groups in total. The molecule has 12 heteroatoms. The Morgan fingerprint density at radius 2 is 1.75 bits per heavy atom. The number of pyridine rings is 1. The van der Waals surface area contributed by atoms with Crippen molar-refractivity contribution < 1.29 is 36.6 Å². The molecule has 1 unspecified atom stereocenters. The number of nitrogens with zero attached hydrogens (tertiary/aromatic N) is 2. The number of hydrogen-bond donors (Lipinski definition) is 3. The lowest BCUT2D eigenvalue weighted by Gasteiger charge is -2.24. The van der Waals surface area contributed by atoms with Crippen molar-refractivity contribution in [3.8, 4) is 0 Å². The molecule has 1 saturated heterocycles. The molecule has 1 aliphatic heterocycles. The summed E-state index contributed by atoms with van der Waals surface area (Å²) in [4.78, 5) is 19.3. The summed E-state index contributed by atoms with van der Waals surface area (Å²) < 4.78 is 62.8. The van der Waals surface area contributed by atoms with E-state index in [4.69, 9.17) is 0 Å². The Morgan fingerprint density at radius 1 is 1.07 bits per heavy atom. The minimum atomic E-state index is -4.41. The topological polar surface area (TPSA) is 120 Å². The van der Waals surface area contributed by atoms with Gasteiger partial charge in [-0.3, -0.25) is 4.79 Å². The summed E-state index contributed by atoms with van der Waals surface area (Å²) in [5, 5.41) is 22.5. The van der Waals surface area contributed by atoms with Crippen LogP contribution in [-0.4, -0.2) is 61.1 Å². The standard InChI is InChI=1S/C28H30F3N3O5S/c1-2-40(38,39)24-10-5-19(6-11-24)25(17-36)33-27(37)20-7-12-26(32-14-20)34-15-21(13-23(34)16-35)18-3-8-22(9-4-18)28(29,30)31/h3-12,14,21,23,25,35-36H,2,13,15-17H2,1H3,(H,33,37)/t21?,23-,25-/m0/s1. The van der Waals surface area contributed by atoms with Crippen molar-refractivity contribution >= 4 is 21.6 Å². The number of aromatic nitrogens is 1. The van der Waals surface area contributed by atoms with Crippen LogP contribution in [0.2, 0.25) is 0 Å². The molecule has 1 amide bonds. The first-order valence-corrected chi connectivity index (χ1v) is 14.4. The Morgan fingerprint density at radius 3 is 2.27 bits per heavy atom. The number of carbonyl (C=O) groups is 1. The van der Waals surface area contributed by atoms with Gasteiger partial charge in [-0.15, -0.1) is 0 Å². The minimum absolute atomic E-state index is 0.0400.